The highest BCUT2D eigenvalue weighted by atomic mass is 16.5. The average Bonchev–Trinajstić information content (AvgIpc) is 3.04. The van der Waals surface area contributed by atoms with Crippen molar-refractivity contribution in [2.75, 3.05) is 26.7 Å². The van der Waals surface area contributed by atoms with E-state index in [0.29, 0.717) is 48.4 Å². The molecule has 2 heterocycles. The quantitative estimate of drug-likeness (QED) is 0.742. The summed E-state index contributed by atoms with van der Waals surface area (Å²) in [6, 6.07) is 13.5. The SMILES string of the molecule is COc1ccccc1C(=O)N1CCC(NC(=O)CN2C(=O)c3ccccc3C2=O)CC1. The average molecular weight is 421 g/mol. The highest BCUT2D eigenvalue weighted by Crippen LogP contribution is 2.23. The van der Waals surface area contributed by atoms with Crippen LogP contribution in [0.5, 0.6) is 5.75 Å². The van der Waals surface area contributed by atoms with Crippen LogP contribution in [0.15, 0.2) is 48.5 Å². The summed E-state index contributed by atoms with van der Waals surface area (Å²) in [7, 11) is 1.53. The monoisotopic (exact) mass is 421 g/mol. The summed E-state index contributed by atoms with van der Waals surface area (Å²) in [5.74, 6) is -0.859. The Kier molecular flexibility index (Phi) is 5.70. The highest BCUT2D eigenvalue weighted by molar-refractivity contribution is 6.22. The first kappa shape index (κ1) is 20.6. The molecule has 0 atom stereocenters. The minimum atomic E-state index is -0.451. The number of rotatable bonds is 5. The lowest BCUT2D eigenvalue weighted by molar-refractivity contribution is -0.122. The number of likely N-dealkylation sites (tertiary alicyclic amines) is 1. The van der Waals surface area contributed by atoms with Crippen molar-refractivity contribution in [2.45, 2.75) is 18.9 Å². The molecule has 2 aliphatic rings. The Hall–Kier alpha value is -3.68. The molecule has 2 aliphatic heterocycles. The predicted octanol–water partition coefficient (Wildman–Crippen LogP) is 1.71. The molecule has 8 nitrogen and oxygen atoms in total. The first-order chi connectivity index (χ1) is 15.0. The number of nitrogens with one attached hydrogen (secondary N) is 1. The standard InChI is InChI=1S/C23H23N3O5/c1-31-19-9-5-4-8-18(19)21(28)25-12-10-15(11-13-25)24-20(27)14-26-22(29)16-6-2-3-7-17(16)23(26)30/h2-9,15H,10-14H2,1H3,(H,24,27). The van der Waals surface area contributed by atoms with Gasteiger partial charge in [0.1, 0.15) is 12.3 Å². The van der Waals surface area contributed by atoms with Crippen LogP contribution in [0.25, 0.3) is 0 Å². The van der Waals surface area contributed by atoms with Gasteiger partial charge in [-0.2, -0.15) is 0 Å². The molecule has 4 rings (SSSR count). The Bertz CT molecular complexity index is 1010. The van der Waals surface area contributed by atoms with E-state index >= 15 is 0 Å². The van der Waals surface area contributed by atoms with Crippen LogP contribution in [0.4, 0.5) is 0 Å². The fourth-order valence-electron chi connectivity index (χ4n) is 4.02. The van der Waals surface area contributed by atoms with Crippen molar-refractivity contribution < 1.29 is 23.9 Å². The molecule has 0 unspecified atom stereocenters. The minimum absolute atomic E-state index is 0.103. The zero-order chi connectivity index (χ0) is 22.0. The maximum absolute atomic E-state index is 12.8. The first-order valence-corrected chi connectivity index (χ1v) is 10.2. The van der Waals surface area contributed by atoms with Gasteiger partial charge in [0.05, 0.1) is 23.8 Å². The fraction of sp³-hybridized carbons (Fsp3) is 0.304. The molecule has 1 N–H and O–H groups in total. The normalized spacial score (nSPS) is 16.3. The van der Waals surface area contributed by atoms with E-state index in [9.17, 15) is 19.2 Å². The van der Waals surface area contributed by atoms with Crippen molar-refractivity contribution >= 4 is 23.6 Å². The van der Waals surface area contributed by atoms with Crippen LogP contribution in [0.2, 0.25) is 0 Å². The number of carbonyl (C=O) groups is 4. The van der Waals surface area contributed by atoms with Crippen LogP contribution in [-0.4, -0.2) is 66.2 Å². The number of para-hydroxylation sites is 1. The number of methoxy groups -OCH3 is 1. The van der Waals surface area contributed by atoms with Gasteiger partial charge in [-0.15, -0.1) is 0 Å². The van der Waals surface area contributed by atoms with E-state index in [1.807, 2.05) is 6.07 Å². The van der Waals surface area contributed by atoms with Gasteiger partial charge in [-0.3, -0.25) is 24.1 Å². The van der Waals surface area contributed by atoms with E-state index in [4.69, 9.17) is 4.74 Å². The molecule has 4 amide bonds. The van der Waals surface area contributed by atoms with Gasteiger partial charge in [0, 0.05) is 19.1 Å². The Morgan fingerprint density at radius 1 is 0.968 bits per heavy atom. The second-order valence-electron chi connectivity index (χ2n) is 7.58. The summed E-state index contributed by atoms with van der Waals surface area (Å²) in [5, 5.41) is 2.89. The summed E-state index contributed by atoms with van der Waals surface area (Å²) in [6.45, 7) is 0.677. The van der Waals surface area contributed by atoms with Gasteiger partial charge in [0.25, 0.3) is 17.7 Å². The van der Waals surface area contributed by atoms with Gasteiger partial charge in [0.15, 0.2) is 0 Å². The third-order valence-corrected chi connectivity index (χ3v) is 5.66. The molecule has 0 spiro atoms. The van der Waals surface area contributed by atoms with Crippen LogP contribution in [0, 0.1) is 0 Å². The maximum atomic E-state index is 12.8. The van der Waals surface area contributed by atoms with Crippen molar-refractivity contribution in [1.29, 1.82) is 0 Å². The third kappa shape index (κ3) is 4.01. The number of ether oxygens (including phenoxy) is 1. The number of hydrogen-bond acceptors (Lipinski definition) is 5. The molecule has 0 bridgehead atoms. The summed E-state index contributed by atoms with van der Waals surface area (Å²) >= 11 is 0. The number of fused-ring (bicyclic) bond motifs is 1. The Balaban J connectivity index is 1.30. The van der Waals surface area contributed by atoms with E-state index in [-0.39, 0.29) is 24.4 Å². The molecule has 2 aromatic carbocycles. The Morgan fingerprint density at radius 3 is 2.16 bits per heavy atom. The Labute approximate surface area is 179 Å². The van der Waals surface area contributed by atoms with Gasteiger partial charge in [-0.25, -0.2) is 0 Å². The molecular weight excluding hydrogens is 398 g/mol. The fourth-order valence-corrected chi connectivity index (χ4v) is 4.02. The lowest BCUT2D eigenvalue weighted by Crippen LogP contribution is -2.49. The van der Waals surface area contributed by atoms with Gasteiger partial charge < -0.3 is 15.0 Å². The lowest BCUT2D eigenvalue weighted by atomic mass is 10.0. The van der Waals surface area contributed by atoms with Crippen LogP contribution >= 0.6 is 0 Å². The summed E-state index contributed by atoms with van der Waals surface area (Å²) in [5.41, 5.74) is 1.16. The number of nitrogens with zero attached hydrogens (tertiary/aromatic N) is 2. The first-order valence-electron chi connectivity index (χ1n) is 10.2. The molecule has 1 fully saturated rings. The number of imide groups is 1. The second kappa shape index (κ2) is 8.59. The zero-order valence-corrected chi connectivity index (χ0v) is 17.2. The van der Waals surface area contributed by atoms with Crippen LogP contribution in [-0.2, 0) is 4.79 Å². The predicted molar refractivity (Wildman–Crippen MR) is 112 cm³/mol. The zero-order valence-electron chi connectivity index (χ0n) is 17.2. The van der Waals surface area contributed by atoms with Crippen LogP contribution in [0.1, 0.15) is 43.9 Å². The summed E-state index contributed by atoms with van der Waals surface area (Å²) in [4.78, 5) is 52.8. The number of benzene rings is 2. The van der Waals surface area contributed by atoms with E-state index in [1.165, 1.54) is 7.11 Å². The third-order valence-electron chi connectivity index (χ3n) is 5.66. The largest absolute Gasteiger partial charge is 0.496 e. The van der Waals surface area contributed by atoms with Crippen molar-refractivity contribution in [3.05, 3.63) is 65.2 Å². The van der Waals surface area contributed by atoms with E-state index in [1.54, 1.807) is 47.4 Å². The molecular formula is C23H23N3O5. The van der Waals surface area contributed by atoms with Crippen molar-refractivity contribution in [2.24, 2.45) is 0 Å². The number of piperidine rings is 1. The van der Waals surface area contributed by atoms with E-state index < -0.39 is 11.8 Å². The molecule has 0 aliphatic carbocycles. The number of amides is 4. The van der Waals surface area contributed by atoms with Crippen LogP contribution < -0.4 is 10.1 Å². The maximum Gasteiger partial charge on any atom is 0.262 e. The van der Waals surface area contributed by atoms with Gasteiger partial charge in [0.2, 0.25) is 5.91 Å². The van der Waals surface area contributed by atoms with E-state index in [2.05, 4.69) is 5.32 Å². The van der Waals surface area contributed by atoms with E-state index in [0.717, 1.165) is 4.90 Å². The summed E-state index contributed by atoms with van der Waals surface area (Å²) in [6.07, 6.45) is 1.18. The molecule has 0 saturated carbocycles. The number of hydrogen-bond donors (Lipinski definition) is 1. The highest BCUT2D eigenvalue weighted by Gasteiger charge is 2.36. The van der Waals surface area contributed by atoms with Crippen molar-refractivity contribution in [3.8, 4) is 5.75 Å². The van der Waals surface area contributed by atoms with Crippen LogP contribution in [0.3, 0.4) is 0 Å². The molecule has 2 aromatic rings. The van der Waals surface area contributed by atoms with Crippen molar-refractivity contribution in [3.63, 3.8) is 0 Å². The molecule has 31 heavy (non-hydrogen) atoms. The van der Waals surface area contributed by atoms with Crippen molar-refractivity contribution in [1.82, 2.24) is 15.1 Å². The molecule has 1 saturated heterocycles. The molecule has 0 radical (unpaired) electrons. The molecule has 160 valence electrons. The topological polar surface area (TPSA) is 96.0 Å². The summed E-state index contributed by atoms with van der Waals surface area (Å²) < 4.78 is 5.27. The number of carbonyl (C=O) groups excluding carboxylic acids is 4. The Morgan fingerprint density at radius 2 is 1.55 bits per heavy atom. The van der Waals surface area contributed by atoms with Gasteiger partial charge >= 0.3 is 0 Å². The minimum Gasteiger partial charge on any atom is -0.496 e. The molecule has 8 heteroatoms. The molecule has 0 aromatic heterocycles. The van der Waals surface area contributed by atoms with Gasteiger partial charge in [-0.1, -0.05) is 24.3 Å². The van der Waals surface area contributed by atoms with Gasteiger partial charge in [-0.05, 0) is 37.1 Å². The second-order valence-corrected chi connectivity index (χ2v) is 7.58. The lowest BCUT2D eigenvalue weighted by Gasteiger charge is -2.33. The smallest absolute Gasteiger partial charge is 0.262 e.